The number of benzene rings is 1. The minimum absolute atomic E-state index is 0.0587. The molecule has 1 aliphatic rings. The van der Waals surface area contributed by atoms with Gasteiger partial charge in [0.25, 0.3) is 0 Å². The van der Waals surface area contributed by atoms with E-state index in [-0.39, 0.29) is 30.7 Å². The van der Waals surface area contributed by atoms with Crippen LogP contribution in [0.5, 0.6) is 0 Å². The standard InChI is InChI=1S/C19H22ClN3O5S/c1-27-10-11-28-17(25)12-15-18(26)21-8-9-23(15)19(29)22-16(24)7-6-13-4-2-3-5-14(13)20/h2-7,15H,8-12H2,1H3,(H,21,26)(H,22,24,29)/b7-6+. The number of nitrogens with one attached hydrogen (secondary N) is 2. The maximum Gasteiger partial charge on any atom is 0.308 e. The smallest absolute Gasteiger partial charge is 0.308 e. The highest BCUT2D eigenvalue weighted by molar-refractivity contribution is 7.80. The van der Waals surface area contributed by atoms with Crippen LogP contribution in [0.2, 0.25) is 5.02 Å². The fraction of sp³-hybridized carbons (Fsp3) is 0.368. The number of amides is 2. The van der Waals surface area contributed by atoms with Gasteiger partial charge >= 0.3 is 5.97 Å². The summed E-state index contributed by atoms with van der Waals surface area (Å²) in [6.07, 6.45) is 2.67. The fourth-order valence-electron chi connectivity index (χ4n) is 2.61. The number of hydrogen-bond donors (Lipinski definition) is 2. The molecule has 29 heavy (non-hydrogen) atoms. The van der Waals surface area contributed by atoms with Gasteiger partial charge in [0.15, 0.2) is 5.11 Å². The van der Waals surface area contributed by atoms with Crippen molar-refractivity contribution in [1.82, 2.24) is 15.5 Å². The predicted octanol–water partition coefficient (Wildman–Crippen LogP) is 1.13. The van der Waals surface area contributed by atoms with Crippen LogP contribution in [-0.4, -0.2) is 67.3 Å². The molecule has 156 valence electrons. The fourth-order valence-corrected chi connectivity index (χ4v) is 3.13. The molecule has 8 nitrogen and oxygen atoms in total. The summed E-state index contributed by atoms with van der Waals surface area (Å²) in [5.41, 5.74) is 0.685. The van der Waals surface area contributed by atoms with Crippen molar-refractivity contribution in [3.63, 3.8) is 0 Å². The number of carbonyl (C=O) groups is 3. The number of carbonyl (C=O) groups excluding carboxylic acids is 3. The van der Waals surface area contributed by atoms with E-state index in [1.165, 1.54) is 18.1 Å². The molecule has 1 heterocycles. The number of rotatable bonds is 7. The van der Waals surface area contributed by atoms with E-state index < -0.39 is 17.9 Å². The molecule has 0 aliphatic carbocycles. The summed E-state index contributed by atoms with van der Waals surface area (Å²) in [5, 5.41) is 5.81. The summed E-state index contributed by atoms with van der Waals surface area (Å²) in [6.45, 7) is 1.06. The first kappa shape index (κ1) is 22.8. The molecule has 1 aromatic carbocycles. The summed E-state index contributed by atoms with van der Waals surface area (Å²) >= 11 is 11.3. The van der Waals surface area contributed by atoms with Crippen LogP contribution in [0.15, 0.2) is 30.3 Å². The number of halogens is 1. The number of ether oxygens (including phenoxy) is 2. The van der Waals surface area contributed by atoms with Crippen LogP contribution in [0, 0.1) is 0 Å². The molecule has 1 fully saturated rings. The number of methoxy groups -OCH3 is 1. The summed E-state index contributed by atoms with van der Waals surface area (Å²) in [5.74, 6) is -1.38. The third-order valence-corrected chi connectivity index (χ3v) is 4.73. The van der Waals surface area contributed by atoms with E-state index in [2.05, 4.69) is 10.6 Å². The van der Waals surface area contributed by atoms with Gasteiger partial charge in [0.2, 0.25) is 11.8 Å². The lowest BCUT2D eigenvalue weighted by Gasteiger charge is -2.36. The highest BCUT2D eigenvalue weighted by Crippen LogP contribution is 2.16. The quantitative estimate of drug-likeness (QED) is 0.284. The van der Waals surface area contributed by atoms with Crippen LogP contribution in [0.4, 0.5) is 0 Å². The van der Waals surface area contributed by atoms with E-state index in [0.29, 0.717) is 23.7 Å². The van der Waals surface area contributed by atoms with Crippen molar-refractivity contribution >= 4 is 52.8 Å². The Morgan fingerprint density at radius 3 is 2.86 bits per heavy atom. The van der Waals surface area contributed by atoms with Crippen molar-refractivity contribution < 1.29 is 23.9 Å². The Kier molecular flexibility index (Phi) is 9.04. The van der Waals surface area contributed by atoms with Crippen molar-refractivity contribution in [3.8, 4) is 0 Å². The Balaban J connectivity index is 1.97. The van der Waals surface area contributed by atoms with E-state index in [4.69, 9.17) is 33.3 Å². The molecule has 1 aliphatic heterocycles. The van der Waals surface area contributed by atoms with Crippen LogP contribution in [0.25, 0.3) is 6.08 Å². The molecule has 2 amide bonds. The minimum Gasteiger partial charge on any atom is -0.463 e. The Hall–Kier alpha value is -2.49. The number of thiocarbonyl (C=S) groups is 1. The zero-order chi connectivity index (χ0) is 21.2. The highest BCUT2D eigenvalue weighted by atomic mass is 35.5. The molecule has 1 aromatic rings. The Labute approximate surface area is 179 Å². The average molecular weight is 440 g/mol. The molecule has 10 heteroatoms. The number of esters is 1. The lowest BCUT2D eigenvalue weighted by molar-refractivity contribution is -0.148. The topological polar surface area (TPSA) is 97.0 Å². The first-order valence-corrected chi connectivity index (χ1v) is 9.67. The molecule has 0 bridgehead atoms. The zero-order valence-electron chi connectivity index (χ0n) is 15.9. The second-order valence-electron chi connectivity index (χ2n) is 6.07. The average Bonchev–Trinajstić information content (AvgIpc) is 2.69. The van der Waals surface area contributed by atoms with E-state index in [1.54, 1.807) is 30.3 Å². The highest BCUT2D eigenvalue weighted by Gasteiger charge is 2.34. The molecule has 0 aromatic heterocycles. The van der Waals surface area contributed by atoms with Gasteiger partial charge in [-0.3, -0.25) is 19.7 Å². The van der Waals surface area contributed by atoms with Crippen molar-refractivity contribution in [2.75, 3.05) is 33.4 Å². The summed E-state index contributed by atoms with van der Waals surface area (Å²) in [7, 11) is 1.49. The summed E-state index contributed by atoms with van der Waals surface area (Å²) in [4.78, 5) is 37.9. The lowest BCUT2D eigenvalue weighted by Crippen LogP contribution is -2.60. The maximum absolute atomic E-state index is 12.2. The molecule has 0 saturated carbocycles. The van der Waals surface area contributed by atoms with Gasteiger partial charge in [-0.15, -0.1) is 0 Å². The molecule has 1 saturated heterocycles. The van der Waals surface area contributed by atoms with Crippen LogP contribution in [-0.2, 0) is 23.9 Å². The van der Waals surface area contributed by atoms with Crippen LogP contribution in [0.3, 0.4) is 0 Å². The minimum atomic E-state index is -0.862. The second-order valence-corrected chi connectivity index (χ2v) is 6.86. The third-order valence-electron chi connectivity index (χ3n) is 4.05. The van der Waals surface area contributed by atoms with Crippen LogP contribution in [0.1, 0.15) is 12.0 Å². The largest absolute Gasteiger partial charge is 0.463 e. The second kappa shape index (κ2) is 11.5. The predicted molar refractivity (Wildman–Crippen MR) is 112 cm³/mol. The molecular formula is C19H22ClN3O5S. The molecule has 1 unspecified atom stereocenters. The van der Waals surface area contributed by atoms with Gasteiger partial charge in [-0.25, -0.2) is 0 Å². The van der Waals surface area contributed by atoms with Gasteiger partial charge in [0.1, 0.15) is 12.6 Å². The Morgan fingerprint density at radius 1 is 1.38 bits per heavy atom. The van der Waals surface area contributed by atoms with Crippen LogP contribution < -0.4 is 10.6 Å². The van der Waals surface area contributed by atoms with Crippen molar-refractivity contribution in [2.24, 2.45) is 0 Å². The van der Waals surface area contributed by atoms with Crippen molar-refractivity contribution in [3.05, 3.63) is 40.9 Å². The number of nitrogens with zero attached hydrogens (tertiary/aromatic N) is 1. The number of piperazine rings is 1. The van der Waals surface area contributed by atoms with E-state index in [0.717, 1.165) is 0 Å². The molecule has 0 spiro atoms. The zero-order valence-corrected chi connectivity index (χ0v) is 17.4. The van der Waals surface area contributed by atoms with E-state index >= 15 is 0 Å². The Morgan fingerprint density at radius 2 is 2.14 bits per heavy atom. The van der Waals surface area contributed by atoms with E-state index in [9.17, 15) is 14.4 Å². The first-order valence-electron chi connectivity index (χ1n) is 8.89. The summed E-state index contributed by atoms with van der Waals surface area (Å²) in [6, 6.07) is 6.21. The normalized spacial score (nSPS) is 16.4. The summed E-state index contributed by atoms with van der Waals surface area (Å²) < 4.78 is 9.84. The number of hydrogen-bond acceptors (Lipinski definition) is 6. The maximum atomic E-state index is 12.2. The van der Waals surface area contributed by atoms with Gasteiger partial charge in [-0.1, -0.05) is 29.8 Å². The SMILES string of the molecule is COCCOC(=O)CC1C(=O)NCCN1C(=S)NC(=O)/C=C/c1ccccc1Cl. The van der Waals surface area contributed by atoms with Crippen molar-refractivity contribution in [1.29, 1.82) is 0 Å². The van der Waals surface area contributed by atoms with Gasteiger partial charge < -0.3 is 19.7 Å². The molecule has 2 N–H and O–H groups in total. The molecule has 0 radical (unpaired) electrons. The van der Waals surface area contributed by atoms with E-state index in [1.807, 2.05) is 0 Å². The molecule has 1 atom stereocenters. The third kappa shape index (κ3) is 7.12. The molecular weight excluding hydrogens is 418 g/mol. The van der Waals surface area contributed by atoms with Gasteiger partial charge in [0, 0.05) is 31.3 Å². The molecule has 2 rings (SSSR count). The van der Waals surface area contributed by atoms with Gasteiger partial charge in [-0.05, 0) is 29.9 Å². The van der Waals surface area contributed by atoms with Crippen molar-refractivity contribution in [2.45, 2.75) is 12.5 Å². The monoisotopic (exact) mass is 439 g/mol. The van der Waals surface area contributed by atoms with Crippen LogP contribution >= 0.6 is 23.8 Å². The lowest BCUT2D eigenvalue weighted by atomic mass is 10.1. The van der Waals surface area contributed by atoms with Gasteiger partial charge in [0.05, 0.1) is 13.0 Å². The Bertz CT molecular complexity index is 802. The first-order chi connectivity index (χ1) is 13.9. The van der Waals surface area contributed by atoms with Gasteiger partial charge in [-0.2, -0.15) is 0 Å².